The topological polar surface area (TPSA) is 63.4 Å². The SMILES string of the molecule is CC.CCC[C@@H]1CC(=O)N(CC(N)=O)C1. The van der Waals surface area contributed by atoms with Gasteiger partial charge in [-0.3, -0.25) is 9.59 Å². The van der Waals surface area contributed by atoms with Crippen LogP contribution in [0.3, 0.4) is 0 Å². The fourth-order valence-corrected chi connectivity index (χ4v) is 1.80. The lowest BCUT2D eigenvalue weighted by atomic mass is 10.0. The zero-order chi connectivity index (χ0) is 11.8. The molecule has 0 aliphatic carbocycles. The predicted octanol–water partition coefficient (Wildman–Crippen LogP) is 1.15. The van der Waals surface area contributed by atoms with Gasteiger partial charge in [0.15, 0.2) is 0 Å². The third kappa shape index (κ3) is 4.81. The van der Waals surface area contributed by atoms with Crippen molar-refractivity contribution in [3.8, 4) is 0 Å². The van der Waals surface area contributed by atoms with E-state index in [1.54, 1.807) is 4.90 Å². The summed E-state index contributed by atoms with van der Waals surface area (Å²) in [6.07, 6.45) is 2.73. The van der Waals surface area contributed by atoms with E-state index in [-0.39, 0.29) is 12.5 Å². The van der Waals surface area contributed by atoms with Crippen molar-refractivity contribution in [2.45, 2.75) is 40.0 Å². The number of carbonyl (C=O) groups excluding carboxylic acids is 2. The van der Waals surface area contributed by atoms with Crippen LogP contribution in [0, 0.1) is 5.92 Å². The van der Waals surface area contributed by atoms with Gasteiger partial charge in [-0.2, -0.15) is 0 Å². The first-order chi connectivity index (χ1) is 7.13. The van der Waals surface area contributed by atoms with E-state index in [9.17, 15) is 9.59 Å². The molecule has 1 aliphatic rings. The monoisotopic (exact) mass is 214 g/mol. The maximum absolute atomic E-state index is 11.3. The zero-order valence-electron chi connectivity index (χ0n) is 9.95. The van der Waals surface area contributed by atoms with Crippen LogP contribution in [0.4, 0.5) is 0 Å². The number of carbonyl (C=O) groups is 2. The first kappa shape index (κ1) is 13.9. The Bertz CT molecular complexity index is 217. The molecule has 0 unspecified atom stereocenters. The molecular formula is C11H22N2O2. The standard InChI is InChI=1S/C9H16N2O2.C2H6/c1-2-3-7-4-9(13)11(5-7)6-8(10)12;1-2/h7H,2-6H2,1H3,(H2,10,12);1-2H3/t7-;/m1./s1. The number of hydrogen-bond acceptors (Lipinski definition) is 2. The van der Waals surface area contributed by atoms with Crippen LogP contribution in [0.5, 0.6) is 0 Å². The van der Waals surface area contributed by atoms with Crippen LogP contribution >= 0.6 is 0 Å². The van der Waals surface area contributed by atoms with Gasteiger partial charge < -0.3 is 10.6 Å². The Kier molecular flexibility index (Phi) is 6.75. The highest BCUT2D eigenvalue weighted by atomic mass is 16.2. The van der Waals surface area contributed by atoms with Crippen molar-refractivity contribution in [1.82, 2.24) is 4.90 Å². The van der Waals surface area contributed by atoms with E-state index in [0.29, 0.717) is 18.9 Å². The fourth-order valence-electron chi connectivity index (χ4n) is 1.80. The number of hydrogen-bond donors (Lipinski definition) is 1. The summed E-state index contributed by atoms with van der Waals surface area (Å²) in [5, 5.41) is 0. The van der Waals surface area contributed by atoms with Crippen LogP contribution in [-0.4, -0.2) is 29.8 Å². The molecule has 0 aromatic rings. The van der Waals surface area contributed by atoms with Crippen molar-refractivity contribution < 1.29 is 9.59 Å². The number of rotatable bonds is 4. The summed E-state index contributed by atoms with van der Waals surface area (Å²) in [5.74, 6) is 0.0691. The Hall–Kier alpha value is -1.06. The van der Waals surface area contributed by atoms with Crippen LogP contribution in [0.1, 0.15) is 40.0 Å². The molecule has 1 fully saturated rings. The lowest BCUT2D eigenvalue weighted by Crippen LogP contribution is -2.34. The highest BCUT2D eigenvalue weighted by molar-refractivity contribution is 5.85. The van der Waals surface area contributed by atoms with Crippen LogP contribution in [-0.2, 0) is 9.59 Å². The van der Waals surface area contributed by atoms with Gasteiger partial charge >= 0.3 is 0 Å². The molecule has 4 heteroatoms. The quantitative estimate of drug-likeness (QED) is 0.763. The minimum absolute atomic E-state index is 0.0669. The number of nitrogens with two attached hydrogens (primary N) is 1. The number of primary amides is 1. The minimum atomic E-state index is -0.425. The molecule has 0 spiro atoms. The smallest absolute Gasteiger partial charge is 0.237 e. The molecular weight excluding hydrogens is 192 g/mol. The Labute approximate surface area is 91.8 Å². The van der Waals surface area contributed by atoms with Crippen molar-refractivity contribution in [3.05, 3.63) is 0 Å². The van der Waals surface area contributed by atoms with E-state index in [0.717, 1.165) is 12.8 Å². The summed E-state index contributed by atoms with van der Waals surface area (Å²) in [7, 11) is 0. The largest absolute Gasteiger partial charge is 0.368 e. The molecule has 1 rings (SSSR count). The molecule has 4 nitrogen and oxygen atoms in total. The third-order valence-electron chi connectivity index (χ3n) is 2.34. The van der Waals surface area contributed by atoms with Gasteiger partial charge in [0.2, 0.25) is 11.8 Å². The van der Waals surface area contributed by atoms with Crippen LogP contribution in [0.25, 0.3) is 0 Å². The maximum atomic E-state index is 11.3. The molecule has 15 heavy (non-hydrogen) atoms. The van der Waals surface area contributed by atoms with E-state index in [4.69, 9.17) is 5.73 Å². The number of nitrogens with zero attached hydrogens (tertiary/aromatic N) is 1. The number of amides is 2. The highest BCUT2D eigenvalue weighted by Gasteiger charge is 2.29. The molecule has 0 radical (unpaired) electrons. The molecule has 1 aliphatic heterocycles. The lowest BCUT2D eigenvalue weighted by molar-refractivity contribution is -0.132. The average molecular weight is 214 g/mol. The Balaban J connectivity index is 0.000000921. The summed E-state index contributed by atoms with van der Waals surface area (Å²) in [6, 6.07) is 0. The molecule has 0 bridgehead atoms. The molecule has 88 valence electrons. The predicted molar refractivity (Wildman–Crippen MR) is 60.1 cm³/mol. The third-order valence-corrected chi connectivity index (χ3v) is 2.34. The molecule has 1 heterocycles. The number of likely N-dealkylation sites (tertiary alicyclic amines) is 1. The van der Waals surface area contributed by atoms with Crippen molar-refractivity contribution in [2.24, 2.45) is 11.7 Å². The summed E-state index contributed by atoms with van der Waals surface area (Å²) >= 11 is 0. The minimum Gasteiger partial charge on any atom is -0.368 e. The lowest BCUT2D eigenvalue weighted by Gasteiger charge is -2.13. The molecule has 0 aromatic carbocycles. The van der Waals surface area contributed by atoms with Crippen molar-refractivity contribution in [2.75, 3.05) is 13.1 Å². The summed E-state index contributed by atoms with van der Waals surface area (Å²) in [4.78, 5) is 23.5. The molecule has 0 saturated carbocycles. The van der Waals surface area contributed by atoms with Crippen LogP contribution in [0.2, 0.25) is 0 Å². The van der Waals surface area contributed by atoms with Gasteiger partial charge in [0, 0.05) is 13.0 Å². The van der Waals surface area contributed by atoms with Gasteiger partial charge in [0.1, 0.15) is 0 Å². The Morgan fingerprint density at radius 3 is 2.60 bits per heavy atom. The summed E-state index contributed by atoms with van der Waals surface area (Å²) < 4.78 is 0. The van der Waals surface area contributed by atoms with E-state index in [1.165, 1.54) is 0 Å². The van der Waals surface area contributed by atoms with Crippen molar-refractivity contribution in [3.63, 3.8) is 0 Å². The molecule has 1 atom stereocenters. The molecule has 1 saturated heterocycles. The first-order valence-corrected chi connectivity index (χ1v) is 5.69. The summed E-state index contributed by atoms with van der Waals surface area (Å²) in [6.45, 7) is 6.88. The van der Waals surface area contributed by atoms with Crippen molar-refractivity contribution >= 4 is 11.8 Å². The van der Waals surface area contributed by atoms with Gasteiger partial charge in [-0.1, -0.05) is 27.2 Å². The molecule has 2 amide bonds. The second-order valence-corrected chi connectivity index (χ2v) is 3.60. The Morgan fingerprint density at radius 1 is 1.53 bits per heavy atom. The van der Waals surface area contributed by atoms with Gasteiger partial charge in [-0.15, -0.1) is 0 Å². The summed E-state index contributed by atoms with van der Waals surface area (Å²) in [5.41, 5.74) is 5.02. The van der Waals surface area contributed by atoms with Crippen molar-refractivity contribution in [1.29, 1.82) is 0 Å². The zero-order valence-corrected chi connectivity index (χ0v) is 9.95. The second kappa shape index (κ2) is 7.26. The van der Waals surface area contributed by atoms with Crippen LogP contribution < -0.4 is 5.73 Å². The van der Waals surface area contributed by atoms with E-state index >= 15 is 0 Å². The first-order valence-electron chi connectivity index (χ1n) is 5.69. The van der Waals surface area contributed by atoms with E-state index < -0.39 is 5.91 Å². The van der Waals surface area contributed by atoms with Gasteiger partial charge in [-0.05, 0) is 12.3 Å². The maximum Gasteiger partial charge on any atom is 0.237 e. The van der Waals surface area contributed by atoms with E-state index in [2.05, 4.69) is 6.92 Å². The van der Waals surface area contributed by atoms with Crippen LogP contribution in [0.15, 0.2) is 0 Å². The fraction of sp³-hybridized carbons (Fsp3) is 0.818. The van der Waals surface area contributed by atoms with Gasteiger partial charge in [-0.25, -0.2) is 0 Å². The second-order valence-electron chi connectivity index (χ2n) is 3.60. The normalized spacial score (nSPS) is 19.8. The molecule has 2 N–H and O–H groups in total. The highest BCUT2D eigenvalue weighted by Crippen LogP contribution is 2.21. The Morgan fingerprint density at radius 2 is 2.13 bits per heavy atom. The van der Waals surface area contributed by atoms with Gasteiger partial charge in [0.05, 0.1) is 6.54 Å². The molecule has 0 aromatic heterocycles. The van der Waals surface area contributed by atoms with Gasteiger partial charge in [0.25, 0.3) is 0 Å². The van der Waals surface area contributed by atoms with E-state index in [1.807, 2.05) is 13.8 Å². The average Bonchev–Trinajstić information content (AvgIpc) is 2.50.